The van der Waals surface area contributed by atoms with E-state index in [0.29, 0.717) is 17.4 Å². The summed E-state index contributed by atoms with van der Waals surface area (Å²) >= 11 is 7.61. The number of rotatable bonds is 3. The molecule has 0 saturated heterocycles. The minimum Gasteiger partial charge on any atom is -0.382 e. The van der Waals surface area contributed by atoms with Gasteiger partial charge in [0.2, 0.25) is 0 Å². The minimum atomic E-state index is 0.289. The molecule has 0 atom stereocenters. The fourth-order valence-electron chi connectivity index (χ4n) is 1.25. The Kier molecular flexibility index (Phi) is 3.21. The summed E-state index contributed by atoms with van der Waals surface area (Å²) < 4.78 is 0. The molecule has 0 aromatic carbocycles. The van der Waals surface area contributed by atoms with Crippen LogP contribution in [0.1, 0.15) is 5.01 Å². The molecule has 0 radical (unpaired) electrons. The van der Waals surface area contributed by atoms with E-state index in [1.165, 1.54) is 6.33 Å². The Hall–Kier alpha value is -1.40. The number of aromatic nitrogens is 3. The van der Waals surface area contributed by atoms with Crippen LogP contribution in [0.4, 0.5) is 11.6 Å². The highest BCUT2D eigenvalue weighted by molar-refractivity contribution is 7.09. The average molecular weight is 256 g/mol. The minimum absolute atomic E-state index is 0.289. The molecule has 2 aromatic heterocycles. The van der Waals surface area contributed by atoms with Crippen molar-refractivity contribution in [3.05, 3.63) is 27.9 Å². The van der Waals surface area contributed by atoms with E-state index < -0.39 is 0 Å². The maximum absolute atomic E-state index is 6.02. The molecule has 0 aliphatic carbocycles. The van der Waals surface area contributed by atoms with Crippen LogP contribution >= 0.6 is 22.9 Å². The SMILES string of the molecule is CN(Cc1nccs1)c1ncnc(N)c1Cl. The van der Waals surface area contributed by atoms with E-state index in [1.54, 1.807) is 17.5 Å². The molecule has 0 aliphatic rings. The van der Waals surface area contributed by atoms with Crippen molar-refractivity contribution in [3.63, 3.8) is 0 Å². The lowest BCUT2D eigenvalue weighted by molar-refractivity contribution is 0.883. The molecule has 0 saturated carbocycles. The second-order valence-corrected chi connectivity index (χ2v) is 4.54. The van der Waals surface area contributed by atoms with Crippen molar-refractivity contribution < 1.29 is 0 Å². The van der Waals surface area contributed by atoms with Gasteiger partial charge in [0, 0.05) is 18.6 Å². The van der Waals surface area contributed by atoms with E-state index in [9.17, 15) is 0 Å². The number of hydrogen-bond acceptors (Lipinski definition) is 6. The number of nitrogens with two attached hydrogens (primary N) is 1. The van der Waals surface area contributed by atoms with Crippen LogP contribution in [-0.2, 0) is 6.54 Å². The number of halogens is 1. The van der Waals surface area contributed by atoms with E-state index in [1.807, 2.05) is 17.3 Å². The first-order valence-corrected chi connectivity index (χ1v) is 5.79. The zero-order chi connectivity index (χ0) is 11.5. The maximum atomic E-state index is 6.02. The monoisotopic (exact) mass is 255 g/mol. The zero-order valence-corrected chi connectivity index (χ0v) is 10.2. The molecular weight excluding hydrogens is 246 g/mol. The molecule has 16 heavy (non-hydrogen) atoms. The fourth-order valence-corrected chi connectivity index (χ4v) is 2.16. The molecule has 0 unspecified atom stereocenters. The van der Waals surface area contributed by atoms with Gasteiger partial charge in [-0.2, -0.15) is 0 Å². The van der Waals surface area contributed by atoms with Crippen molar-refractivity contribution in [3.8, 4) is 0 Å². The van der Waals surface area contributed by atoms with E-state index in [2.05, 4.69) is 15.0 Å². The third-order valence-electron chi connectivity index (χ3n) is 2.02. The van der Waals surface area contributed by atoms with Crippen molar-refractivity contribution in [2.24, 2.45) is 0 Å². The second-order valence-electron chi connectivity index (χ2n) is 3.18. The topological polar surface area (TPSA) is 67.9 Å². The van der Waals surface area contributed by atoms with Gasteiger partial charge in [-0.05, 0) is 0 Å². The van der Waals surface area contributed by atoms with E-state index in [-0.39, 0.29) is 5.82 Å². The summed E-state index contributed by atoms with van der Waals surface area (Å²) in [6.07, 6.45) is 3.17. The highest BCUT2D eigenvalue weighted by Gasteiger charge is 2.12. The van der Waals surface area contributed by atoms with E-state index in [0.717, 1.165) is 5.01 Å². The summed E-state index contributed by atoms with van der Waals surface area (Å²) in [7, 11) is 1.88. The number of anilines is 2. The van der Waals surface area contributed by atoms with Crippen molar-refractivity contribution in [1.29, 1.82) is 0 Å². The Labute approximate surface area is 102 Å². The molecule has 0 bridgehead atoms. The first-order valence-electron chi connectivity index (χ1n) is 4.54. The van der Waals surface area contributed by atoms with Crippen molar-refractivity contribution in [2.75, 3.05) is 17.7 Å². The Morgan fingerprint density at radius 1 is 1.44 bits per heavy atom. The summed E-state index contributed by atoms with van der Waals surface area (Å²) in [5.41, 5.74) is 5.61. The molecule has 84 valence electrons. The Morgan fingerprint density at radius 3 is 2.94 bits per heavy atom. The number of hydrogen-bond donors (Lipinski definition) is 1. The zero-order valence-electron chi connectivity index (χ0n) is 8.59. The number of nitrogen functional groups attached to an aromatic ring is 1. The first-order chi connectivity index (χ1) is 7.68. The summed E-state index contributed by atoms with van der Waals surface area (Å²) in [6, 6.07) is 0. The predicted octanol–water partition coefficient (Wildman–Crippen LogP) is 1.81. The van der Waals surface area contributed by atoms with Gasteiger partial charge < -0.3 is 10.6 Å². The fraction of sp³-hybridized carbons (Fsp3) is 0.222. The van der Waals surface area contributed by atoms with Gasteiger partial charge in [0.1, 0.15) is 22.2 Å². The highest BCUT2D eigenvalue weighted by atomic mass is 35.5. The first kappa shape index (κ1) is 11.1. The van der Waals surface area contributed by atoms with Crippen molar-refractivity contribution in [2.45, 2.75) is 6.54 Å². The molecular formula is C9H10ClN5S. The van der Waals surface area contributed by atoms with Crippen LogP contribution in [0.15, 0.2) is 17.9 Å². The standard InChI is InChI=1S/C9H10ClN5S/c1-15(4-6-12-2-3-16-6)9-7(10)8(11)13-5-14-9/h2-3,5H,4H2,1H3,(H2,11,13,14). The van der Waals surface area contributed by atoms with Gasteiger partial charge in [0.05, 0.1) is 6.54 Å². The number of thiazole rings is 1. The molecule has 2 rings (SSSR count). The van der Waals surface area contributed by atoms with E-state index in [4.69, 9.17) is 17.3 Å². The average Bonchev–Trinajstić information content (AvgIpc) is 2.74. The molecule has 2 N–H and O–H groups in total. The van der Waals surface area contributed by atoms with Gasteiger partial charge >= 0.3 is 0 Å². The molecule has 2 aromatic rings. The van der Waals surface area contributed by atoms with Crippen LogP contribution in [-0.4, -0.2) is 22.0 Å². The molecule has 0 spiro atoms. The van der Waals surface area contributed by atoms with Crippen molar-refractivity contribution >= 4 is 34.6 Å². The van der Waals surface area contributed by atoms with Gasteiger partial charge in [-0.3, -0.25) is 0 Å². The lowest BCUT2D eigenvalue weighted by atomic mass is 10.4. The highest BCUT2D eigenvalue weighted by Crippen LogP contribution is 2.27. The molecule has 2 heterocycles. The normalized spacial score (nSPS) is 10.4. The molecule has 5 nitrogen and oxygen atoms in total. The van der Waals surface area contributed by atoms with Crippen LogP contribution in [0.3, 0.4) is 0 Å². The lowest BCUT2D eigenvalue weighted by Gasteiger charge is -2.17. The summed E-state index contributed by atoms with van der Waals surface area (Å²) in [4.78, 5) is 14.0. The molecule has 7 heteroatoms. The van der Waals surface area contributed by atoms with Gasteiger partial charge in [0.25, 0.3) is 0 Å². The summed E-state index contributed by atoms with van der Waals surface area (Å²) in [5, 5.41) is 3.30. The lowest BCUT2D eigenvalue weighted by Crippen LogP contribution is -2.18. The Bertz CT molecular complexity index is 473. The van der Waals surface area contributed by atoms with Gasteiger partial charge in [-0.25, -0.2) is 15.0 Å². The van der Waals surface area contributed by atoms with Crippen LogP contribution in [0, 0.1) is 0 Å². The quantitative estimate of drug-likeness (QED) is 0.906. The van der Waals surface area contributed by atoms with Gasteiger partial charge in [0.15, 0.2) is 5.82 Å². The van der Waals surface area contributed by atoms with Gasteiger partial charge in [-0.15, -0.1) is 11.3 Å². The van der Waals surface area contributed by atoms with Crippen LogP contribution in [0.2, 0.25) is 5.02 Å². The van der Waals surface area contributed by atoms with Crippen molar-refractivity contribution in [1.82, 2.24) is 15.0 Å². The van der Waals surface area contributed by atoms with Crippen LogP contribution in [0.5, 0.6) is 0 Å². The Morgan fingerprint density at radius 2 is 2.25 bits per heavy atom. The predicted molar refractivity (Wildman–Crippen MR) is 65.7 cm³/mol. The molecule has 0 fully saturated rings. The molecule has 0 aliphatic heterocycles. The molecule has 0 amide bonds. The largest absolute Gasteiger partial charge is 0.382 e. The van der Waals surface area contributed by atoms with Gasteiger partial charge in [-0.1, -0.05) is 11.6 Å². The maximum Gasteiger partial charge on any atom is 0.153 e. The third kappa shape index (κ3) is 2.23. The third-order valence-corrected chi connectivity index (χ3v) is 3.14. The smallest absolute Gasteiger partial charge is 0.153 e. The van der Waals surface area contributed by atoms with Crippen LogP contribution < -0.4 is 10.6 Å². The second kappa shape index (κ2) is 4.63. The summed E-state index contributed by atoms with van der Waals surface area (Å²) in [6.45, 7) is 0.647. The Balaban J connectivity index is 2.21. The number of nitrogens with zero attached hydrogens (tertiary/aromatic N) is 4. The van der Waals surface area contributed by atoms with E-state index >= 15 is 0 Å². The van der Waals surface area contributed by atoms with Crippen LogP contribution in [0.25, 0.3) is 0 Å². The summed E-state index contributed by atoms with van der Waals surface area (Å²) in [5.74, 6) is 0.905.